The van der Waals surface area contributed by atoms with Crippen molar-refractivity contribution in [2.75, 3.05) is 19.9 Å². The summed E-state index contributed by atoms with van der Waals surface area (Å²) in [7, 11) is 4.79. The lowest BCUT2D eigenvalue weighted by molar-refractivity contribution is 0.0595. The lowest BCUT2D eigenvalue weighted by atomic mass is 10.0. The number of anilines is 1. The molecule has 0 bridgehead atoms. The number of pyridine rings is 1. The van der Waals surface area contributed by atoms with E-state index in [1.54, 1.807) is 31.8 Å². The number of aromatic nitrogens is 3. The number of nitrogens with one attached hydrogen (secondary N) is 1. The van der Waals surface area contributed by atoms with Crippen LogP contribution in [0.25, 0.3) is 11.1 Å². The van der Waals surface area contributed by atoms with E-state index in [1.165, 1.54) is 31.5 Å². The Bertz CT molecular complexity index is 1200. The van der Waals surface area contributed by atoms with Gasteiger partial charge in [-0.25, -0.2) is 14.2 Å². The second kappa shape index (κ2) is 9.45. The quantitative estimate of drug-likeness (QED) is 0.539. The van der Waals surface area contributed by atoms with Crippen LogP contribution >= 0.6 is 0 Å². The molecule has 2 heterocycles. The van der Waals surface area contributed by atoms with Crippen LogP contribution in [0.5, 0.6) is 5.75 Å². The number of rotatable bonds is 7. The number of nitriles is 1. The highest BCUT2D eigenvalue weighted by Crippen LogP contribution is 2.34. The van der Waals surface area contributed by atoms with Crippen LogP contribution in [0.2, 0.25) is 0 Å². The fourth-order valence-electron chi connectivity index (χ4n) is 3.42. The van der Waals surface area contributed by atoms with E-state index in [0.717, 1.165) is 5.69 Å². The molecule has 0 amide bonds. The molecule has 166 valence electrons. The first-order valence-electron chi connectivity index (χ1n) is 9.71. The average molecular weight is 438 g/mol. The van der Waals surface area contributed by atoms with Gasteiger partial charge in [0.25, 0.3) is 0 Å². The number of nitrogens with zero attached hydrogens (tertiary/aromatic N) is 4. The Labute approximate surface area is 184 Å². The zero-order chi connectivity index (χ0) is 23.4. The van der Waals surface area contributed by atoms with Crippen molar-refractivity contribution in [2.45, 2.75) is 19.6 Å². The van der Waals surface area contributed by atoms with Crippen LogP contribution in [-0.4, -0.2) is 34.9 Å². The first-order valence-corrected chi connectivity index (χ1v) is 9.71. The monoisotopic (exact) mass is 438 g/mol. The molecule has 0 aliphatic rings. The van der Waals surface area contributed by atoms with Crippen LogP contribution in [0.3, 0.4) is 0 Å². The number of nitrogen functional groups attached to an aromatic ring is 1. The van der Waals surface area contributed by atoms with Gasteiger partial charge >= 0.3 is 5.97 Å². The van der Waals surface area contributed by atoms with Crippen molar-refractivity contribution in [3.8, 4) is 22.9 Å². The Balaban J connectivity index is 2.03. The molecule has 32 heavy (non-hydrogen) atoms. The van der Waals surface area contributed by atoms with Gasteiger partial charge in [-0.2, -0.15) is 10.4 Å². The van der Waals surface area contributed by atoms with Gasteiger partial charge in [-0.05, 0) is 38.2 Å². The fraction of sp³-hybridized carbons (Fsp3) is 0.273. The summed E-state index contributed by atoms with van der Waals surface area (Å²) in [5, 5.41) is 16.8. The van der Waals surface area contributed by atoms with Crippen molar-refractivity contribution in [3.63, 3.8) is 0 Å². The lowest BCUT2D eigenvalue weighted by Gasteiger charge is -2.19. The van der Waals surface area contributed by atoms with E-state index in [0.29, 0.717) is 23.2 Å². The topological polar surface area (TPSA) is 128 Å². The van der Waals surface area contributed by atoms with Crippen LogP contribution in [0.4, 0.5) is 10.2 Å². The zero-order valence-corrected chi connectivity index (χ0v) is 18.1. The molecule has 0 saturated carbocycles. The van der Waals surface area contributed by atoms with E-state index < -0.39 is 17.9 Å². The highest BCUT2D eigenvalue weighted by atomic mass is 19.1. The summed E-state index contributed by atoms with van der Waals surface area (Å²) in [5.74, 6) is -0.804. The molecule has 1 aromatic carbocycles. The second-order valence-corrected chi connectivity index (χ2v) is 7.03. The standard InChI is InChI=1S/C22H23FN6O3/c1-12(16-8-14(23)5-6-15(16)22(30)31-4)32-19-7-13(10-27-21(19)25)20-17(9-24)28-29(3)18(20)11-26-2/h5-8,10,12,26H,11H2,1-4H3,(H2,25,27)/t12-/m1/s1. The maximum atomic E-state index is 13.9. The zero-order valence-electron chi connectivity index (χ0n) is 18.1. The van der Waals surface area contributed by atoms with Crippen LogP contribution in [-0.2, 0) is 18.3 Å². The molecule has 10 heteroatoms. The minimum atomic E-state index is -0.750. The highest BCUT2D eigenvalue weighted by molar-refractivity contribution is 5.91. The van der Waals surface area contributed by atoms with Gasteiger partial charge in [-0.3, -0.25) is 4.68 Å². The SMILES string of the molecule is CNCc1c(-c2cnc(N)c(O[C@H](C)c3cc(F)ccc3C(=O)OC)c2)c(C#N)nn1C. The number of aryl methyl sites for hydroxylation is 1. The Hall–Kier alpha value is -3.97. The molecule has 0 unspecified atom stereocenters. The number of halogens is 1. The number of hydrogen-bond donors (Lipinski definition) is 2. The van der Waals surface area contributed by atoms with Crippen molar-refractivity contribution in [1.82, 2.24) is 20.1 Å². The number of carbonyl (C=O) groups is 1. The predicted octanol–water partition coefficient (Wildman–Crippen LogP) is 2.72. The Morgan fingerprint density at radius 2 is 2.16 bits per heavy atom. The molecule has 0 aliphatic heterocycles. The molecule has 0 spiro atoms. The average Bonchev–Trinajstić information content (AvgIpc) is 3.10. The number of benzene rings is 1. The summed E-state index contributed by atoms with van der Waals surface area (Å²) in [4.78, 5) is 16.3. The number of ether oxygens (including phenoxy) is 2. The molecular weight excluding hydrogens is 415 g/mol. The summed E-state index contributed by atoms with van der Waals surface area (Å²) < 4.78 is 26.3. The Morgan fingerprint density at radius 3 is 2.81 bits per heavy atom. The third-order valence-corrected chi connectivity index (χ3v) is 4.95. The third-order valence-electron chi connectivity index (χ3n) is 4.95. The van der Waals surface area contributed by atoms with Crippen LogP contribution in [0.1, 0.15) is 40.3 Å². The van der Waals surface area contributed by atoms with E-state index in [9.17, 15) is 14.4 Å². The van der Waals surface area contributed by atoms with E-state index in [1.807, 2.05) is 0 Å². The molecule has 0 saturated heterocycles. The van der Waals surface area contributed by atoms with Crippen molar-refractivity contribution in [1.29, 1.82) is 5.26 Å². The highest BCUT2D eigenvalue weighted by Gasteiger charge is 2.22. The smallest absolute Gasteiger partial charge is 0.338 e. The predicted molar refractivity (Wildman–Crippen MR) is 115 cm³/mol. The number of hydrogen-bond acceptors (Lipinski definition) is 8. The summed E-state index contributed by atoms with van der Waals surface area (Å²) in [6.07, 6.45) is 0.784. The van der Waals surface area contributed by atoms with Gasteiger partial charge in [0.2, 0.25) is 0 Å². The number of carbonyl (C=O) groups excluding carboxylic acids is 1. The summed E-state index contributed by atoms with van der Waals surface area (Å²) in [6, 6.07) is 7.47. The molecule has 3 aromatic rings. The normalized spacial score (nSPS) is 11.6. The second-order valence-electron chi connectivity index (χ2n) is 7.03. The molecule has 0 radical (unpaired) electrons. The van der Waals surface area contributed by atoms with Crippen molar-refractivity contribution in [2.24, 2.45) is 7.05 Å². The molecule has 0 fully saturated rings. The van der Waals surface area contributed by atoms with E-state index in [-0.39, 0.29) is 22.8 Å². The maximum Gasteiger partial charge on any atom is 0.338 e. The van der Waals surface area contributed by atoms with Gasteiger partial charge in [0.05, 0.1) is 18.4 Å². The number of esters is 1. The van der Waals surface area contributed by atoms with Gasteiger partial charge in [-0.15, -0.1) is 0 Å². The van der Waals surface area contributed by atoms with Crippen molar-refractivity contribution >= 4 is 11.8 Å². The van der Waals surface area contributed by atoms with Gasteiger partial charge in [0.1, 0.15) is 18.0 Å². The first kappa shape index (κ1) is 22.7. The molecular formula is C22H23FN6O3. The van der Waals surface area contributed by atoms with E-state index in [4.69, 9.17) is 15.2 Å². The van der Waals surface area contributed by atoms with Crippen LogP contribution < -0.4 is 15.8 Å². The molecule has 0 aliphatic carbocycles. The minimum absolute atomic E-state index is 0.106. The van der Waals surface area contributed by atoms with Crippen molar-refractivity contribution in [3.05, 3.63) is 58.8 Å². The molecule has 1 atom stereocenters. The van der Waals surface area contributed by atoms with E-state index in [2.05, 4.69) is 21.5 Å². The van der Waals surface area contributed by atoms with Gasteiger partial charge in [-0.1, -0.05) is 0 Å². The molecule has 3 rings (SSSR count). The summed E-state index contributed by atoms with van der Waals surface area (Å²) >= 11 is 0. The maximum absolute atomic E-state index is 13.9. The van der Waals surface area contributed by atoms with Gasteiger partial charge in [0.15, 0.2) is 17.3 Å². The summed E-state index contributed by atoms with van der Waals surface area (Å²) in [6.45, 7) is 2.13. The largest absolute Gasteiger partial charge is 0.482 e. The fourth-order valence-corrected chi connectivity index (χ4v) is 3.42. The number of nitrogens with two attached hydrogens (primary N) is 1. The van der Waals surface area contributed by atoms with E-state index >= 15 is 0 Å². The van der Waals surface area contributed by atoms with Crippen LogP contribution in [0, 0.1) is 17.1 Å². The van der Waals surface area contributed by atoms with Crippen LogP contribution in [0.15, 0.2) is 30.5 Å². The Kier molecular flexibility index (Phi) is 6.70. The molecule has 9 nitrogen and oxygen atoms in total. The first-order chi connectivity index (χ1) is 15.3. The summed E-state index contributed by atoms with van der Waals surface area (Å²) in [5.41, 5.74) is 8.72. The number of methoxy groups -OCH3 is 1. The minimum Gasteiger partial charge on any atom is -0.482 e. The lowest BCUT2D eigenvalue weighted by Crippen LogP contribution is -2.13. The third kappa shape index (κ3) is 4.38. The molecule has 3 N–H and O–H groups in total. The van der Waals surface area contributed by atoms with Gasteiger partial charge in [0, 0.05) is 36.5 Å². The van der Waals surface area contributed by atoms with Crippen molar-refractivity contribution < 1.29 is 18.7 Å². The molecule has 2 aromatic heterocycles. The van der Waals surface area contributed by atoms with Gasteiger partial charge < -0.3 is 20.5 Å². The Morgan fingerprint density at radius 1 is 1.41 bits per heavy atom.